The van der Waals surface area contributed by atoms with Gasteiger partial charge in [0.05, 0.1) is 18.1 Å². The molecule has 0 fully saturated rings. The van der Waals surface area contributed by atoms with Crippen molar-refractivity contribution in [2.75, 3.05) is 5.32 Å². The number of anilines is 1. The molecule has 1 amide bonds. The first kappa shape index (κ1) is 13.0. The number of nitrogens with zero attached hydrogens (tertiary/aromatic N) is 2. The summed E-state index contributed by atoms with van der Waals surface area (Å²) in [5.74, 6) is 0.295. The molecule has 1 heterocycles. The standard InChI is InChI=1S/C13H13N3O3/c17-8-12-14-6-11(7-15-12)16-13(18)19-9-10-4-2-1-3-5-10/h1-7,17H,8-9H2,(H,16,18). The van der Waals surface area contributed by atoms with Crippen LogP contribution in [0.3, 0.4) is 0 Å². The van der Waals surface area contributed by atoms with E-state index >= 15 is 0 Å². The van der Waals surface area contributed by atoms with Gasteiger partial charge in [-0.05, 0) is 5.56 Å². The van der Waals surface area contributed by atoms with Crippen molar-refractivity contribution >= 4 is 11.8 Å². The first-order valence-corrected chi connectivity index (χ1v) is 5.67. The molecule has 0 saturated heterocycles. The Hall–Kier alpha value is -2.47. The molecule has 1 aromatic heterocycles. The number of carbonyl (C=O) groups excluding carboxylic acids is 1. The molecule has 0 unspecified atom stereocenters. The van der Waals surface area contributed by atoms with Gasteiger partial charge >= 0.3 is 6.09 Å². The number of amides is 1. The van der Waals surface area contributed by atoms with Crippen molar-refractivity contribution in [2.24, 2.45) is 0 Å². The summed E-state index contributed by atoms with van der Waals surface area (Å²) in [6.45, 7) is -0.0407. The number of aromatic nitrogens is 2. The van der Waals surface area contributed by atoms with E-state index in [-0.39, 0.29) is 13.2 Å². The van der Waals surface area contributed by atoms with Gasteiger partial charge < -0.3 is 9.84 Å². The van der Waals surface area contributed by atoms with E-state index in [0.29, 0.717) is 11.5 Å². The SMILES string of the molecule is O=C(Nc1cnc(CO)nc1)OCc1ccccc1. The zero-order chi connectivity index (χ0) is 13.5. The average Bonchev–Trinajstić information content (AvgIpc) is 2.47. The molecule has 2 aromatic rings. The van der Waals surface area contributed by atoms with Crippen molar-refractivity contribution < 1.29 is 14.6 Å². The Bertz CT molecular complexity index is 529. The molecule has 0 spiro atoms. The van der Waals surface area contributed by atoms with Crippen LogP contribution in [0.5, 0.6) is 0 Å². The first-order chi connectivity index (χ1) is 9.28. The molecule has 0 aliphatic heterocycles. The normalized spacial score (nSPS) is 9.95. The predicted molar refractivity (Wildman–Crippen MR) is 68.2 cm³/mol. The van der Waals surface area contributed by atoms with E-state index in [1.54, 1.807) is 0 Å². The van der Waals surface area contributed by atoms with Crippen LogP contribution in [-0.2, 0) is 18.0 Å². The molecule has 0 atom stereocenters. The van der Waals surface area contributed by atoms with Crippen LogP contribution in [0.25, 0.3) is 0 Å². The number of nitrogens with one attached hydrogen (secondary N) is 1. The molecular weight excluding hydrogens is 246 g/mol. The molecule has 0 radical (unpaired) electrons. The van der Waals surface area contributed by atoms with Crippen LogP contribution < -0.4 is 5.32 Å². The summed E-state index contributed by atoms with van der Waals surface area (Å²) >= 11 is 0. The van der Waals surface area contributed by atoms with E-state index in [4.69, 9.17) is 9.84 Å². The molecule has 6 heteroatoms. The Morgan fingerprint density at radius 2 is 1.89 bits per heavy atom. The molecule has 98 valence electrons. The van der Waals surface area contributed by atoms with E-state index in [1.165, 1.54) is 12.4 Å². The summed E-state index contributed by atoms with van der Waals surface area (Å²) in [6.07, 6.45) is 2.23. The van der Waals surface area contributed by atoms with Gasteiger partial charge in [-0.25, -0.2) is 14.8 Å². The van der Waals surface area contributed by atoms with Crippen molar-refractivity contribution in [3.05, 3.63) is 54.1 Å². The predicted octanol–water partition coefficient (Wildman–Crippen LogP) is 1.72. The van der Waals surface area contributed by atoms with Crippen molar-refractivity contribution in [1.82, 2.24) is 9.97 Å². The maximum Gasteiger partial charge on any atom is 0.412 e. The molecule has 0 aliphatic rings. The fourth-order valence-electron chi connectivity index (χ4n) is 1.38. The second-order valence-electron chi connectivity index (χ2n) is 3.73. The number of aliphatic hydroxyl groups is 1. The van der Waals surface area contributed by atoms with Crippen molar-refractivity contribution in [3.8, 4) is 0 Å². The maximum absolute atomic E-state index is 11.5. The van der Waals surface area contributed by atoms with Crippen LogP contribution >= 0.6 is 0 Å². The molecule has 1 aromatic carbocycles. The zero-order valence-corrected chi connectivity index (χ0v) is 10.1. The minimum Gasteiger partial charge on any atom is -0.444 e. The van der Waals surface area contributed by atoms with Gasteiger partial charge in [-0.2, -0.15) is 0 Å². The Labute approximate surface area is 110 Å². The van der Waals surface area contributed by atoms with Gasteiger partial charge in [0.15, 0.2) is 5.82 Å². The lowest BCUT2D eigenvalue weighted by Crippen LogP contribution is -2.14. The molecule has 0 aliphatic carbocycles. The van der Waals surface area contributed by atoms with E-state index in [0.717, 1.165) is 5.56 Å². The van der Waals surface area contributed by atoms with E-state index in [9.17, 15) is 4.79 Å². The lowest BCUT2D eigenvalue weighted by Gasteiger charge is -2.06. The maximum atomic E-state index is 11.5. The molecule has 6 nitrogen and oxygen atoms in total. The number of hydrogen-bond acceptors (Lipinski definition) is 5. The summed E-state index contributed by atoms with van der Waals surface area (Å²) in [4.78, 5) is 19.2. The number of rotatable bonds is 4. The van der Waals surface area contributed by atoms with Crippen LogP contribution in [0.2, 0.25) is 0 Å². The third-order valence-electron chi connectivity index (χ3n) is 2.31. The monoisotopic (exact) mass is 259 g/mol. The molecular formula is C13H13N3O3. The molecule has 19 heavy (non-hydrogen) atoms. The Kier molecular flexibility index (Phi) is 4.41. The highest BCUT2D eigenvalue weighted by atomic mass is 16.5. The minimum absolute atomic E-state index is 0.197. The second-order valence-corrected chi connectivity index (χ2v) is 3.73. The second kappa shape index (κ2) is 6.46. The van der Waals surface area contributed by atoms with Gasteiger partial charge in [-0.15, -0.1) is 0 Å². The van der Waals surface area contributed by atoms with Gasteiger partial charge in [0.2, 0.25) is 0 Å². The first-order valence-electron chi connectivity index (χ1n) is 5.67. The average molecular weight is 259 g/mol. The van der Waals surface area contributed by atoms with Crippen LogP contribution in [0, 0.1) is 0 Å². The third-order valence-corrected chi connectivity index (χ3v) is 2.31. The van der Waals surface area contributed by atoms with Gasteiger partial charge in [0.25, 0.3) is 0 Å². The summed E-state index contributed by atoms with van der Waals surface area (Å²) in [5, 5.41) is 11.3. The minimum atomic E-state index is -0.579. The van der Waals surface area contributed by atoms with E-state index in [2.05, 4.69) is 15.3 Å². The Morgan fingerprint density at radius 1 is 1.21 bits per heavy atom. The van der Waals surface area contributed by atoms with Crippen LogP contribution in [-0.4, -0.2) is 21.2 Å². The van der Waals surface area contributed by atoms with E-state index < -0.39 is 6.09 Å². The molecule has 2 rings (SSSR count). The number of hydrogen-bond donors (Lipinski definition) is 2. The van der Waals surface area contributed by atoms with Crippen molar-refractivity contribution in [1.29, 1.82) is 0 Å². The summed E-state index contributed by atoms with van der Waals surface area (Å²) < 4.78 is 5.03. The lowest BCUT2D eigenvalue weighted by atomic mass is 10.2. The topological polar surface area (TPSA) is 84.3 Å². The van der Waals surface area contributed by atoms with Crippen molar-refractivity contribution in [3.63, 3.8) is 0 Å². The van der Waals surface area contributed by atoms with Gasteiger partial charge in [0, 0.05) is 0 Å². The zero-order valence-electron chi connectivity index (χ0n) is 10.1. The highest BCUT2D eigenvalue weighted by Crippen LogP contribution is 2.05. The van der Waals surface area contributed by atoms with Gasteiger partial charge in [0.1, 0.15) is 13.2 Å². The van der Waals surface area contributed by atoms with Crippen LogP contribution in [0.1, 0.15) is 11.4 Å². The fraction of sp³-hybridized carbons (Fsp3) is 0.154. The summed E-state index contributed by atoms with van der Waals surface area (Å²) in [7, 11) is 0. The molecule has 0 bridgehead atoms. The van der Waals surface area contributed by atoms with E-state index in [1.807, 2.05) is 30.3 Å². The Balaban J connectivity index is 1.83. The fourth-order valence-corrected chi connectivity index (χ4v) is 1.38. The number of aliphatic hydroxyl groups excluding tert-OH is 1. The number of benzene rings is 1. The highest BCUT2D eigenvalue weighted by molar-refractivity contribution is 5.83. The van der Waals surface area contributed by atoms with Gasteiger partial charge in [-0.1, -0.05) is 30.3 Å². The Morgan fingerprint density at radius 3 is 2.53 bits per heavy atom. The number of ether oxygens (including phenoxy) is 1. The van der Waals surface area contributed by atoms with Crippen LogP contribution in [0.15, 0.2) is 42.7 Å². The van der Waals surface area contributed by atoms with Crippen LogP contribution in [0.4, 0.5) is 10.5 Å². The smallest absolute Gasteiger partial charge is 0.412 e. The van der Waals surface area contributed by atoms with Gasteiger partial charge in [-0.3, -0.25) is 5.32 Å². The quantitative estimate of drug-likeness (QED) is 0.873. The van der Waals surface area contributed by atoms with Crippen molar-refractivity contribution in [2.45, 2.75) is 13.2 Å². The molecule has 0 saturated carbocycles. The third kappa shape index (κ3) is 4.04. The highest BCUT2D eigenvalue weighted by Gasteiger charge is 2.04. The largest absolute Gasteiger partial charge is 0.444 e. The lowest BCUT2D eigenvalue weighted by molar-refractivity contribution is 0.155. The summed E-state index contributed by atoms with van der Waals surface area (Å²) in [6, 6.07) is 9.37. The number of carbonyl (C=O) groups is 1. The summed E-state index contributed by atoms with van der Waals surface area (Å²) in [5.41, 5.74) is 1.32. The molecule has 2 N–H and O–H groups in total.